The van der Waals surface area contributed by atoms with Gasteiger partial charge in [0.1, 0.15) is 0 Å². The third-order valence-corrected chi connectivity index (χ3v) is 14.6. The predicted molar refractivity (Wildman–Crippen MR) is 154 cm³/mol. The van der Waals surface area contributed by atoms with Gasteiger partial charge in [-0.3, -0.25) is 9.11 Å². The molecule has 5 fully saturated rings. The average Bonchev–Trinajstić information content (AvgIpc) is 3.40. The minimum Gasteiger partial charge on any atom is -0.393 e. The molecule has 41 heavy (non-hydrogen) atoms. The van der Waals surface area contributed by atoms with E-state index in [-0.39, 0.29) is 33.7 Å². The molecule has 9 nitrogen and oxygen atoms in total. The Morgan fingerprint density at radius 1 is 0.780 bits per heavy atom. The van der Waals surface area contributed by atoms with E-state index >= 15 is 0 Å². The molecule has 11 heteroatoms. The average molecular weight is 621 g/mol. The van der Waals surface area contributed by atoms with E-state index in [1.165, 1.54) is 12.8 Å². The highest BCUT2D eigenvalue weighted by atomic mass is 32.3. The quantitative estimate of drug-likeness (QED) is 0.256. The number of aliphatic hydroxyl groups excluding tert-OH is 1. The largest absolute Gasteiger partial charge is 0.397 e. The lowest BCUT2D eigenvalue weighted by Gasteiger charge is -2.63. The Hall–Kier alpha value is -0.300. The molecular weight excluding hydrogens is 568 g/mol. The van der Waals surface area contributed by atoms with E-state index in [9.17, 15) is 31.0 Å². The van der Waals surface area contributed by atoms with Crippen molar-refractivity contribution < 1.29 is 39.4 Å². The van der Waals surface area contributed by atoms with Crippen molar-refractivity contribution in [2.24, 2.45) is 56.7 Å². The summed E-state index contributed by atoms with van der Waals surface area (Å²) in [6.45, 7) is 13.1. The Balaban J connectivity index is 1.42. The Bertz CT molecular complexity index is 1240. The zero-order valence-electron chi connectivity index (χ0n) is 25.6. The van der Waals surface area contributed by atoms with E-state index in [1.807, 2.05) is 0 Å². The van der Waals surface area contributed by atoms with Gasteiger partial charge in [-0.05, 0) is 122 Å². The summed E-state index contributed by atoms with van der Waals surface area (Å²) in [7, 11) is -9.51. The molecule has 0 radical (unpaired) electrons. The van der Waals surface area contributed by atoms with Gasteiger partial charge >= 0.3 is 20.8 Å². The van der Waals surface area contributed by atoms with Gasteiger partial charge in [-0.2, -0.15) is 16.8 Å². The fourth-order valence-electron chi connectivity index (χ4n) is 12.1. The van der Waals surface area contributed by atoms with E-state index in [2.05, 4.69) is 34.6 Å². The normalized spacial score (nSPS) is 47.2. The van der Waals surface area contributed by atoms with Crippen LogP contribution in [0.25, 0.3) is 0 Å². The van der Waals surface area contributed by atoms with Crippen LogP contribution in [0.5, 0.6) is 0 Å². The number of hydrogen-bond donors (Lipinski definition) is 3. The van der Waals surface area contributed by atoms with Crippen LogP contribution in [-0.2, 0) is 29.2 Å². The van der Waals surface area contributed by atoms with Crippen LogP contribution < -0.4 is 0 Å². The van der Waals surface area contributed by atoms with E-state index in [0.29, 0.717) is 30.1 Å². The van der Waals surface area contributed by atoms with Crippen LogP contribution in [0.15, 0.2) is 0 Å². The summed E-state index contributed by atoms with van der Waals surface area (Å²) >= 11 is 0. The molecular formula is C30H52O9S2. The van der Waals surface area contributed by atoms with Crippen molar-refractivity contribution in [3.63, 3.8) is 0 Å². The molecule has 0 aromatic rings. The third-order valence-electron chi connectivity index (χ3n) is 13.7. The van der Waals surface area contributed by atoms with Gasteiger partial charge in [0.25, 0.3) is 0 Å². The summed E-state index contributed by atoms with van der Waals surface area (Å²) in [5.41, 5.74) is -0.626. The van der Waals surface area contributed by atoms with Gasteiger partial charge in [-0.15, -0.1) is 0 Å². The second kappa shape index (κ2) is 10.1. The maximum absolute atomic E-state index is 11.8. The van der Waals surface area contributed by atoms with Gasteiger partial charge < -0.3 is 5.11 Å². The van der Waals surface area contributed by atoms with Crippen molar-refractivity contribution in [1.82, 2.24) is 0 Å². The van der Waals surface area contributed by atoms with E-state index in [0.717, 1.165) is 51.4 Å². The first-order valence-corrected chi connectivity index (χ1v) is 18.4. The molecule has 0 bridgehead atoms. The zero-order chi connectivity index (χ0) is 30.4. The van der Waals surface area contributed by atoms with Crippen molar-refractivity contribution in [3.05, 3.63) is 0 Å². The Labute approximate surface area is 247 Å². The predicted octanol–water partition coefficient (Wildman–Crippen LogP) is 5.85. The zero-order valence-corrected chi connectivity index (χ0v) is 27.3. The third kappa shape index (κ3) is 5.05. The molecule has 5 aliphatic rings. The lowest BCUT2D eigenvalue weighted by Crippen LogP contribution is -2.59. The molecule has 2 unspecified atom stereocenters. The minimum absolute atomic E-state index is 0.0521. The van der Waals surface area contributed by atoms with Gasteiger partial charge in [-0.1, -0.05) is 41.5 Å². The van der Waals surface area contributed by atoms with Crippen LogP contribution in [0.2, 0.25) is 0 Å². The van der Waals surface area contributed by atoms with Crippen molar-refractivity contribution in [2.45, 2.75) is 124 Å². The van der Waals surface area contributed by atoms with Crippen LogP contribution in [0.4, 0.5) is 0 Å². The van der Waals surface area contributed by atoms with Crippen molar-refractivity contribution in [2.75, 3.05) is 6.61 Å². The molecule has 2 spiro atoms. The number of fused-ring (bicyclic) bond motifs is 2. The smallest absolute Gasteiger partial charge is 0.393 e. The Morgan fingerprint density at radius 3 is 2.02 bits per heavy atom. The number of aliphatic hydroxyl groups is 1. The van der Waals surface area contributed by atoms with E-state index in [4.69, 9.17) is 8.37 Å². The Morgan fingerprint density at radius 2 is 1.41 bits per heavy atom. The summed E-state index contributed by atoms with van der Waals surface area (Å²) in [6, 6.07) is 0. The van der Waals surface area contributed by atoms with Crippen LogP contribution >= 0.6 is 0 Å². The highest BCUT2D eigenvalue weighted by molar-refractivity contribution is 7.81. The van der Waals surface area contributed by atoms with Gasteiger partial charge in [0, 0.05) is 5.41 Å². The molecule has 238 valence electrons. The molecule has 0 amide bonds. The molecule has 0 aliphatic heterocycles. The summed E-state index contributed by atoms with van der Waals surface area (Å²) in [6.07, 6.45) is 8.97. The van der Waals surface area contributed by atoms with E-state index in [1.54, 1.807) is 6.92 Å². The fourth-order valence-corrected chi connectivity index (χ4v) is 13.1. The fraction of sp³-hybridized carbons (Fsp3) is 1.00. The maximum Gasteiger partial charge on any atom is 0.397 e. The van der Waals surface area contributed by atoms with Crippen LogP contribution in [0.1, 0.15) is 112 Å². The summed E-state index contributed by atoms with van der Waals surface area (Å²) in [5, 5.41) is 10.8. The lowest BCUT2D eigenvalue weighted by atomic mass is 9.41. The lowest BCUT2D eigenvalue weighted by molar-refractivity contribution is -0.169. The molecule has 5 saturated carbocycles. The molecule has 0 saturated heterocycles. The highest BCUT2D eigenvalue weighted by Crippen LogP contribution is 2.89. The molecule has 0 heterocycles. The van der Waals surface area contributed by atoms with Crippen LogP contribution in [0, 0.1) is 56.7 Å². The first kappa shape index (κ1) is 32.1. The molecule has 3 N–H and O–H groups in total. The van der Waals surface area contributed by atoms with Crippen LogP contribution in [0.3, 0.4) is 0 Å². The van der Waals surface area contributed by atoms with Crippen molar-refractivity contribution in [3.8, 4) is 0 Å². The second-order valence-electron chi connectivity index (χ2n) is 15.9. The van der Waals surface area contributed by atoms with Crippen molar-refractivity contribution in [1.29, 1.82) is 0 Å². The maximum atomic E-state index is 11.8. The summed E-state index contributed by atoms with van der Waals surface area (Å²) in [5.74, 6) is 1.95. The molecule has 5 aliphatic carbocycles. The van der Waals surface area contributed by atoms with Crippen molar-refractivity contribution >= 4 is 20.8 Å². The monoisotopic (exact) mass is 620 g/mol. The second-order valence-corrected chi connectivity index (χ2v) is 18.0. The van der Waals surface area contributed by atoms with E-state index < -0.39 is 38.9 Å². The summed E-state index contributed by atoms with van der Waals surface area (Å²) < 4.78 is 75.8. The van der Waals surface area contributed by atoms with Gasteiger partial charge in [0.05, 0.1) is 18.8 Å². The number of rotatable bonds is 10. The minimum atomic E-state index is -4.76. The molecule has 0 aromatic heterocycles. The van der Waals surface area contributed by atoms with Gasteiger partial charge in [0.2, 0.25) is 0 Å². The molecule has 5 rings (SSSR count). The highest BCUT2D eigenvalue weighted by Gasteiger charge is 2.82. The standard InChI is InChI=1S/C30H52O9S2/c1-19(2)15-21(31)16-20(3)22-9-11-28(6)24-8-7-23-26(4,18-38-40(32,33)34)25(39-41(35,36)37)10-12-29(23)17-30(24,29)14-13-27(22,28)5/h19-25,31H,7-18H2,1-6H3,(H,32,33,34)(H,35,36,37)/t20-,21?,22-,23+,24+,25?,26+,27-,28+,29-,30+/m1/s1. The first-order chi connectivity index (χ1) is 18.7. The van der Waals surface area contributed by atoms with Crippen LogP contribution in [-0.4, -0.2) is 49.9 Å². The SMILES string of the molecule is CC(C)CC(O)C[C@@H](C)[C@H]1CC[C@@]2(C)[C@@H]3CC[C@@H]4[C@@]5(CCC(OS(=O)(=O)O)[C@@]4(C)COS(=O)(=O)O)C[C@@]35CC[C@]12C. The molecule has 0 aromatic carbocycles. The number of hydrogen-bond acceptors (Lipinski definition) is 7. The Kier molecular flexibility index (Phi) is 7.91. The first-order valence-electron chi connectivity index (χ1n) is 15.7. The summed E-state index contributed by atoms with van der Waals surface area (Å²) in [4.78, 5) is 0. The molecule has 11 atom stereocenters. The van der Waals surface area contributed by atoms with Gasteiger partial charge in [0.15, 0.2) is 0 Å². The topological polar surface area (TPSA) is 147 Å². The van der Waals surface area contributed by atoms with Gasteiger partial charge in [-0.25, -0.2) is 8.37 Å².